The smallest absolute Gasteiger partial charge is 0.338 e. The van der Waals surface area contributed by atoms with Gasteiger partial charge >= 0.3 is 12.0 Å². The maximum absolute atomic E-state index is 13.3. The first kappa shape index (κ1) is 26.2. The molecule has 8 heteroatoms. The summed E-state index contributed by atoms with van der Waals surface area (Å²) in [6.07, 6.45) is 2.00. The minimum atomic E-state index is -0.591. The molecule has 8 nitrogen and oxygen atoms in total. The molecule has 0 unspecified atom stereocenters. The summed E-state index contributed by atoms with van der Waals surface area (Å²) in [6, 6.07) is 7.32. The summed E-state index contributed by atoms with van der Waals surface area (Å²) in [5.74, 6) is 0.0529. The number of benzene rings is 1. The van der Waals surface area contributed by atoms with Crippen LogP contribution >= 0.6 is 0 Å². The van der Waals surface area contributed by atoms with Gasteiger partial charge in [-0.05, 0) is 43.2 Å². The molecule has 2 heterocycles. The van der Waals surface area contributed by atoms with Crippen LogP contribution in [0.3, 0.4) is 0 Å². The second-order valence-corrected chi connectivity index (χ2v) is 11.3. The highest BCUT2D eigenvalue weighted by Gasteiger charge is 2.40. The second kappa shape index (κ2) is 10.2. The first-order chi connectivity index (χ1) is 17.0. The molecule has 196 valence electrons. The van der Waals surface area contributed by atoms with Crippen molar-refractivity contribution in [3.8, 4) is 0 Å². The molecular formula is C28H40N4O4. The topological polar surface area (TPSA) is 82.2 Å². The van der Waals surface area contributed by atoms with Gasteiger partial charge in [-0.25, -0.2) is 9.59 Å². The molecule has 2 fully saturated rings. The summed E-state index contributed by atoms with van der Waals surface area (Å²) in [4.78, 5) is 44.7. The van der Waals surface area contributed by atoms with E-state index in [-0.39, 0.29) is 35.9 Å². The van der Waals surface area contributed by atoms with Crippen LogP contribution in [0.1, 0.15) is 64.6 Å². The average Bonchev–Trinajstić information content (AvgIpc) is 3.67. The third-order valence-electron chi connectivity index (χ3n) is 7.48. The third-order valence-corrected chi connectivity index (χ3v) is 7.48. The Morgan fingerprint density at radius 2 is 1.78 bits per heavy atom. The van der Waals surface area contributed by atoms with E-state index in [2.05, 4.69) is 50.0 Å². The predicted molar refractivity (Wildman–Crippen MR) is 138 cm³/mol. The van der Waals surface area contributed by atoms with Crippen LogP contribution in [-0.4, -0.2) is 78.5 Å². The van der Waals surface area contributed by atoms with Gasteiger partial charge in [0.05, 0.1) is 18.2 Å². The van der Waals surface area contributed by atoms with Crippen LogP contribution in [0.5, 0.6) is 0 Å². The third kappa shape index (κ3) is 5.43. The molecule has 3 aliphatic rings. The van der Waals surface area contributed by atoms with Crippen molar-refractivity contribution in [2.24, 2.45) is 5.92 Å². The zero-order valence-corrected chi connectivity index (χ0v) is 22.5. The number of hydrogen-bond donors (Lipinski definition) is 1. The zero-order valence-electron chi connectivity index (χ0n) is 22.5. The number of nitrogens with one attached hydrogen (secondary N) is 1. The number of amides is 3. The number of nitrogens with zero attached hydrogens (tertiary/aromatic N) is 3. The molecule has 4 rings (SSSR count). The number of piperazine rings is 1. The molecule has 3 amide bonds. The van der Waals surface area contributed by atoms with E-state index >= 15 is 0 Å². The van der Waals surface area contributed by atoms with Gasteiger partial charge in [0, 0.05) is 50.9 Å². The highest BCUT2D eigenvalue weighted by molar-refractivity contribution is 5.95. The molecule has 0 aromatic heterocycles. The lowest BCUT2D eigenvalue weighted by molar-refractivity contribution is -0.139. The van der Waals surface area contributed by atoms with Crippen molar-refractivity contribution in [3.05, 3.63) is 46.7 Å². The molecule has 2 aliphatic heterocycles. The number of ether oxygens (including phenoxy) is 1. The Labute approximate surface area is 214 Å². The first-order valence-corrected chi connectivity index (χ1v) is 13.1. The molecule has 1 aromatic carbocycles. The molecular weight excluding hydrogens is 456 g/mol. The molecule has 1 N–H and O–H groups in total. The van der Waals surface area contributed by atoms with Crippen LogP contribution < -0.4 is 5.32 Å². The number of esters is 1. The van der Waals surface area contributed by atoms with Crippen molar-refractivity contribution in [1.29, 1.82) is 0 Å². The van der Waals surface area contributed by atoms with Crippen molar-refractivity contribution < 1.29 is 19.1 Å². The van der Waals surface area contributed by atoms with Crippen molar-refractivity contribution >= 4 is 17.9 Å². The maximum atomic E-state index is 13.3. The van der Waals surface area contributed by atoms with Crippen LogP contribution in [0.25, 0.3) is 0 Å². The first-order valence-electron chi connectivity index (χ1n) is 13.1. The van der Waals surface area contributed by atoms with Crippen molar-refractivity contribution in [2.45, 2.75) is 65.0 Å². The molecule has 1 saturated carbocycles. The summed E-state index contributed by atoms with van der Waals surface area (Å²) < 4.78 is 5.47. The van der Waals surface area contributed by atoms with Crippen LogP contribution in [0.15, 0.2) is 35.5 Å². The standard InChI is InChI=1S/C28H40N4O4/c1-7-36-26(34)23-22(17-31-14-15-32(18(2)16-31)25(33)20-8-9-20)30(6)27(35)29-24(23)19-10-12-21(13-11-19)28(3,4)5/h10-13,18,20,24H,7-9,14-17H2,1-6H3,(H,29,35)/t18-,24-/m0/s1. The average molecular weight is 497 g/mol. The highest BCUT2D eigenvalue weighted by atomic mass is 16.5. The van der Waals surface area contributed by atoms with Crippen molar-refractivity contribution in [3.63, 3.8) is 0 Å². The molecule has 2 atom stereocenters. The van der Waals surface area contributed by atoms with E-state index < -0.39 is 12.0 Å². The fraction of sp³-hybridized carbons (Fsp3) is 0.607. The normalized spacial score (nSPS) is 23.6. The van der Waals surface area contributed by atoms with Crippen LogP contribution in [0.4, 0.5) is 4.79 Å². The molecule has 1 aromatic rings. The van der Waals surface area contributed by atoms with Gasteiger partial charge in [-0.2, -0.15) is 0 Å². The second-order valence-electron chi connectivity index (χ2n) is 11.3. The van der Waals surface area contributed by atoms with Gasteiger partial charge in [0.15, 0.2) is 0 Å². The Kier molecular flexibility index (Phi) is 7.46. The van der Waals surface area contributed by atoms with Crippen LogP contribution in [-0.2, 0) is 19.7 Å². The molecule has 0 radical (unpaired) electrons. The van der Waals surface area contributed by atoms with E-state index in [1.807, 2.05) is 17.0 Å². The molecule has 0 bridgehead atoms. The summed E-state index contributed by atoms with van der Waals surface area (Å²) in [6.45, 7) is 13.1. The number of carbonyl (C=O) groups excluding carboxylic acids is 3. The summed E-state index contributed by atoms with van der Waals surface area (Å²) in [5, 5.41) is 3.00. The molecule has 0 spiro atoms. The van der Waals surface area contributed by atoms with Crippen molar-refractivity contribution in [1.82, 2.24) is 20.0 Å². The molecule has 1 aliphatic carbocycles. The van der Waals surface area contributed by atoms with E-state index in [0.717, 1.165) is 18.4 Å². The Morgan fingerprint density at radius 3 is 2.33 bits per heavy atom. The maximum Gasteiger partial charge on any atom is 0.338 e. The van der Waals surface area contributed by atoms with E-state index in [9.17, 15) is 14.4 Å². The van der Waals surface area contributed by atoms with Gasteiger partial charge in [-0.1, -0.05) is 45.0 Å². The Balaban J connectivity index is 1.63. The van der Waals surface area contributed by atoms with Gasteiger partial charge in [-0.3, -0.25) is 14.6 Å². The largest absolute Gasteiger partial charge is 0.463 e. The number of carbonyl (C=O) groups is 3. The lowest BCUT2D eigenvalue weighted by Crippen LogP contribution is -2.56. The van der Waals surface area contributed by atoms with Gasteiger partial charge in [-0.15, -0.1) is 0 Å². The van der Waals surface area contributed by atoms with Gasteiger partial charge in [0.1, 0.15) is 0 Å². The lowest BCUT2D eigenvalue weighted by atomic mass is 9.85. The molecule has 1 saturated heterocycles. The van der Waals surface area contributed by atoms with Crippen LogP contribution in [0.2, 0.25) is 0 Å². The monoisotopic (exact) mass is 496 g/mol. The summed E-state index contributed by atoms with van der Waals surface area (Å²) in [7, 11) is 1.69. The summed E-state index contributed by atoms with van der Waals surface area (Å²) in [5.41, 5.74) is 3.14. The van der Waals surface area contributed by atoms with Gasteiger partial charge in [0.25, 0.3) is 0 Å². The minimum Gasteiger partial charge on any atom is -0.463 e. The Morgan fingerprint density at radius 1 is 1.11 bits per heavy atom. The Bertz CT molecular complexity index is 1040. The predicted octanol–water partition coefficient (Wildman–Crippen LogP) is 3.44. The van der Waals surface area contributed by atoms with Crippen molar-refractivity contribution in [2.75, 3.05) is 39.8 Å². The highest BCUT2D eigenvalue weighted by Crippen LogP contribution is 2.34. The zero-order chi connectivity index (χ0) is 26.2. The minimum absolute atomic E-state index is 0.000734. The number of urea groups is 1. The van der Waals surface area contributed by atoms with E-state index in [1.54, 1.807) is 14.0 Å². The lowest BCUT2D eigenvalue weighted by Gasteiger charge is -2.42. The quantitative estimate of drug-likeness (QED) is 0.610. The fourth-order valence-electron chi connectivity index (χ4n) is 5.10. The van der Waals surface area contributed by atoms with Crippen LogP contribution in [0, 0.1) is 5.92 Å². The molecule has 36 heavy (non-hydrogen) atoms. The summed E-state index contributed by atoms with van der Waals surface area (Å²) >= 11 is 0. The number of hydrogen-bond acceptors (Lipinski definition) is 5. The van der Waals surface area contributed by atoms with E-state index in [4.69, 9.17) is 4.74 Å². The van der Waals surface area contributed by atoms with Gasteiger partial charge in [0.2, 0.25) is 5.91 Å². The van der Waals surface area contributed by atoms with E-state index in [0.29, 0.717) is 37.4 Å². The number of likely N-dealkylation sites (N-methyl/N-ethyl adjacent to an activating group) is 1. The van der Waals surface area contributed by atoms with Gasteiger partial charge < -0.3 is 15.0 Å². The fourth-order valence-corrected chi connectivity index (χ4v) is 5.10. The SMILES string of the molecule is CCOC(=O)C1=C(CN2CCN(C(=O)C3CC3)[C@@H](C)C2)N(C)C(=O)N[C@H]1c1ccc(C(C)(C)C)cc1. The Hall–Kier alpha value is -2.87. The van der Waals surface area contributed by atoms with E-state index in [1.165, 1.54) is 10.5 Å². The number of rotatable bonds is 6.